The first-order chi connectivity index (χ1) is 25.1. The number of hydrogen-bond donors (Lipinski definition) is 0. The Kier molecular flexibility index (Phi) is 9.96. The maximum Gasteiger partial charge on any atom is 0.269 e. The molecule has 4 heterocycles. The van der Waals surface area contributed by atoms with E-state index in [0.29, 0.717) is 70.0 Å². The first kappa shape index (κ1) is 35.1. The highest BCUT2D eigenvalue weighted by atomic mass is 19.1. The van der Waals surface area contributed by atoms with Gasteiger partial charge < -0.3 is 23.8 Å². The molecular weight excluding hydrogens is 668 g/mol. The van der Waals surface area contributed by atoms with Crippen molar-refractivity contribution < 1.29 is 32.5 Å². The number of halogens is 2. The fraction of sp³-hybridized carbons (Fsp3) is 0.341. The lowest BCUT2D eigenvalue weighted by Gasteiger charge is -2.36. The van der Waals surface area contributed by atoms with Crippen molar-refractivity contribution in [3.8, 4) is 34.4 Å². The van der Waals surface area contributed by atoms with Crippen molar-refractivity contribution in [1.82, 2.24) is 14.5 Å². The SMILES string of the molecule is COc1cc2c(Oc3ccc(CC(=O)c4c5c(cn(-c6ccc(F)cc6)c4=O)CCO5)cc3F)ccnc2cc1OCCCN1CCC(C)(C)CC1. The number of ketones is 1. The van der Waals surface area contributed by atoms with Gasteiger partial charge in [0.2, 0.25) is 0 Å². The van der Waals surface area contributed by atoms with Gasteiger partial charge in [-0.3, -0.25) is 19.1 Å². The van der Waals surface area contributed by atoms with Crippen molar-refractivity contribution in [1.29, 1.82) is 0 Å². The molecule has 52 heavy (non-hydrogen) atoms. The Hall–Kier alpha value is -5.29. The van der Waals surface area contributed by atoms with Gasteiger partial charge in [-0.25, -0.2) is 8.78 Å². The molecule has 0 amide bonds. The smallest absolute Gasteiger partial charge is 0.269 e. The molecule has 0 spiro atoms. The molecule has 0 aliphatic carbocycles. The molecule has 0 atom stereocenters. The molecule has 2 aliphatic heterocycles. The lowest BCUT2D eigenvalue weighted by Crippen LogP contribution is -2.38. The molecule has 3 aromatic carbocycles. The van der Waals surface area contributed by atoms with E-state index in [0.717, 1.165) is 26.1 Å². The fourth-order valence-electron chi connectivity index (χ4n) is 6.77. The molecule has 0 radical (unpaired) electrons. The summed E-state index contributed by atoms with van der Waals surface area (Å²) in [7, 11) is 1.56. The molecule has 1 saturated heterocycles. The number of ether oxygens (including phenoxy) is 4. The Balaban J connectivity index is 1.05. The average Bonchev–Trinajstić information content (AvgIpc) is 3.60. The van der Waals surface area contributed by atoms with Crippen LogP contribution in [0.5, 0.6) is 28.7 Å². The van der Waals surface area contributed by atoms with Crippen LogP contribution in [-0.4, -0.2) is 60.2 Å². The highest BCUT2D eigenvalue weighted by molar-refractivity contribution is 6.00. The molecule has 0 N–H and O–H groups in total. The number of rotatable bonds is 12. The van der Waals surface area contributed by atoms with Gasteiger partial charge in [-0.15, -0.1) is 0 Å². The third-order valence-electron chi connectivity index (χ3n) is 9.89. The number of piperidine rings is 1. The van der Waals surface area contributed by atoms with Gasteiger partial charge in [0, 0.05) is 54.5 Å². The first-order valence-corrected chi connectivity index (χ1v) is 17.6. The summed E-state index contributed by atoms with van der Waals surface area (Å²) < 4.78 is 53.9. The van der Waals surface area contributed by atoms with E-state index in [1.807, 2.05) is 0 Å². The number of nitrogens with zero attached hydrogens (tertiary/aromatic N) is 3. The second-order valence-electron chi connectivity index (χ2n) is 14.1. The summed E-state index contributed by atoms with van der Waals surface area (Å²) in [6.07, 6.45) is 6.75. The zero-order valence-electron chi connectivity index (χ0n) is 29.5. The monoisotopic (exact) mass is 709 g/mol. The minimum absolute atomic E-state index is 0.0494. The quantitative estimate of drug-likeness (QED) is 0.0961. The van der Waals surface area contributed by atoms with Crippen molar-refractivity contribution >= 4 is 16.7 Å². The lowest BCUT2D eigenvalue weighted by molar-refractivity contribution is 0.0988. The van der Waals surface area contributed by atoms with Gasteiger partial charge in [0.25, 0.3) is 5.56 Å². The van der Waals surface area contributed by atoms with Gasteiger partial charge in [0.15, 0.2) is 28.8 Å². The van der Waals surface area contributed by atoms with E-state index < -0.39 is 23.0 Å². The van der Waals surface area contributed by atoms with Crippen molar-refractivity contribution in [2.45, 2.75) is 46.0 Å². The number of aromatic nitrogens is 2. The van der Waals surface area contributed by atoms with Crippen LogP contribution in [0.1, 0.15) is 54.6 Å². The number of pyridine rings is 2. The van der Waals surface area contributed by atoms with Crippen molar-refractivity contribution in [3.63, 3.8) is 0 Å². The predicted molar refractivity (Wildman–Crippen MR) is 194 cm³/mol. The van der Waals surface area contributed by atoms with Crippen LogP contribution < -0.4 is 24.5 Å². The molecular formula is C41H41F2N3O6. The fourth-order valence-corrected chi connectivity index (χ4v) is 6.77. The molecule has 0 saturated carbocycles. The number of hydrogen-bond acceptors (Lipinski definition) is 8. The highest BCUT2D eigenvalue weighted by Gasteiger charge is 2.28. The molecule has 0 unspecified atom stereocenters. The summed E-state index contributed by atoms with van der Waals surface area (Å²) in [6.45, 7) is 8.69. The zero-order chi connectivity index (χ0) is 36.4. The van der Waals surface area contributed by atoms with E-state index in [-0.39, 0.29) is 23.5 Å². The van der Waals surface area contributed by atoms with Gasteiger partial charge in [-0.1, -0.05) is 19.9 Å². The summed E-state index contributed by atoms with van der Waals surface area (Å²) >= 11 is 0. The van der Waals surface area contributed by atoms with Crippen LogP contribution in [0.25, 0.3) is 16.6 Å². The Labute approximate surface area is 300 Å². The summed E-state index contributed by atoms with van der Waals surface area (Å²) in [5, 5.41) is 0.608. The van der Waals surface area contributed by atoms with Crippen molar-refractivity contribution in [3.05, 3.63) is 112 Å². The molecule has 11 heteroatoms. The Bertz CT molecular complexity index is 2170. The van der Waals surface area contributed by atoms with Crippen LogP contribution in [0, 0.1) is 17.0 Å². The Morgan fingerprint density at radius 2 is 1.75 bits per heavy atom. The van der Waals surface area contributed by atoms with Crippen LogP contribution >= 0.6 is 0 Å². The van der Waals surface area contributed by atoms with Crippen LogP contribution in [0.4, 0.5) is 8.78 Å². The number of likely N-dealkylation sites (tertiary alicyclic amines) is 1. The Morgan fingerprint density at radius 1 is 0.962 bits per heavy atom. The van der Waals surface area contributed by atoms with Crippen LogP contribution in [0.2, 0.25) is 0 Å². The van der Waals surface area contributed by atoms with Crippen molar-refractivity contribution in [2.24, 2.45) is 5.41 Å². The minimum Gasteiger partial charge on any atom is -0.493 e. The molecule has 9 nitrogen and oxygen atoms in total. The van der Waals surface area contributed by atoms with E-state index in [1.54, 1.807) is 43.8 Å². The average molecular weight is 710 g/mol. The van der Waals surface area contributed by atoms with E-state index in [4.69, 9.17) is 18.9 Å². The molecule has 0 bridgehead atoms. The van der Waals surface area contributed by atoms with Gasteiger partial charge in [-0.2, -0.15) is 0 Å². The number of methoxy groups -OCH3 is 1. The predicted octanol–water partition coefficient (Wildman–Crippen LogP) is 7.72. The second-order valence-corrected chi connectivity index (χ2v) is 14.1. The van der Waals surface area contributed by atoms with Crippen LogP contribution in [0.3, 0.4) is 0 Å². The third-order valence-corrected chi connectivity index (χ3v) is 9.89. The first-order valence-electron chi connectivity index (χ1n) is 17.6. The van der Waals surface area contributed by atoms with E-state index in [9.17, 15) is 14.0 Å². The van der Waals surface area contributed by atoms with E-state index >= 15 is 4.39 Å². The van der Waals surface area contributed by atoms with Gasteiger partial charge in [0.1, 0.15) is 22.9 Å². The largest absolute Gasteiger partial charge is 0.493 e. The highest BCUT2D eigenvalue weighted by Crippen LogP contribution is 2.38. The van der Waals surface area contributed by atoms with Crippen LogP contribution in [0.15, 0.2) is 77.9 Å². The lowest BCUT2D eigenvalue weighted by atomic mass is 9.83. The number of Topliss-reactive ketones (excluding diaryl/α,β-unsaturated/α-hetero) is 1. The van der Waals surface area contributed by atoms with Gasteiger partial charge >= 0.3 is 0 Å². The third kappa shape index (κ3) is 7.50. The standard InChI is InChI=1S/C41H41F2N3O6/c1-41(2)13-17-45(18-14-41)16-4-19-50-37-24-32-30(23-36(37)49-3)34(11-15-44-32)52-35-10-5-26(21-31(35)43)22-33(47)38-39-27(12-20-51-39)25-46(40(38)48)29-8-6-28(42)7-9-29/h5-11,15,21,23-25H,4,12-14,16-20,22H2,1-3H3. The molecule has 270 valence electrons. The van der Waals surface area contributed by atoms with Gasteiger partial charge in [-0.05, 0) is 91.9 Å². The number of fused-ring (bicyclic) bond motifs is 2. The molecule has 2 aromatic heterocycles. The minimum atomic E-state index is -0.683. The topological polar surface area (TPSA) is 92.1 Å². The number of carbonyl (C=O) groups excluding carboxylic acids is 1. The molecule has 5 aromatic rings. The Morgan fingerprint density at radius 3 is 2.50 bits per heavy atom. The van der Waals surface area contributed by atoms with Gasteiger partial charge in [0.05, 0.1) is 25.8 Å². The maximum absolute atomic E-state index is 15.5. The van der Waals surface area contributed by atoms with E-state index in [1.165, 1.54) is 53.8 Å². The summed E-state index contributed by atoms with van der Waals surface area (Å²) in [5.41, 5.74) is 1.76. The number of benzene rings is 3. The summed E-state index contributed by atoms with van der Waals surface area (Å²) in [5.74, 6) is -0.0141. The molecule has 2 aliphatic rings. The molecule has 1 fully saturated rings. The summed E-state index contributed by atoms with van der Waals surface area (Å²) in [6, 6.07) is 14.9. The van der Waals surface area contributed by atoms with Crippen molar-refractivity contribution in [2.75, 3.05) is 40.0 Å². The second kappa shape index (κ2) is 14.7. The molecule has 7 rings (SSSR count). The summed E-state index contributed by atoms with van der Waals surface area (Å²) in [4.78, 5) is 34.1. The normalized spacial score (nSPS) is 15.2. The maximum atomic E-state index is 15.5. The van der Waals surface area contributed by atoms with E-state index in [2.05, 4.69) is 23.7 Å². The number of carbonyl (C=O) groups is 1. The van der Waals surface area contributed by atoms with Crippen LogP contribution in [-0.2, 0) is 12.8 Å². The zero-order valence-corrected chi connectivity index (χ0v) is 29.5.